The molecule has 1 N–H and O–H groups in total. The molecule has 1 saturated heterocycles. The van der Waals surface area contributed by atoms with Crippen molar-refractivity contribution in [2.24, 2.45) is 0 Å². The summed E-state index contributed by atoms with van der Waals surface area (Å²) < 4.78 is 11.5. The molecule has 3 aromatic rings. The van der Waals surface area contributed by atoms with Crippen molar-refractivity contribution >= 4 is 23.1 Å². The molecule has 2 aliphatic heterocycles. The number of hydrogen-bond acceptors (Lipinski definition) is 6. The number of halogens is 1. The quantitative estimate of drug-likeness (QED) is 0.402. The number of likely N-dealkylation sites (tertiary alicyclic amines) is 1. The van der Waals surface area contributed by atoms with Gasteiger partial charge in [0.15, 0.2) is 0 Å². The topological polar surface area (TPSA) is 71.9 Å². The maximum atomic E-state index is 12.7. The fourth-order valence-electron chi connectivity index (χ4n) is 5.15. The monoisotopic (exact) mass is 518 g/mol. The van der Waals surface area contributed by atoms with Crippen molar-refractivity contribution in [2.45, 2.75) is 38.2 Å². The number of pyridine rings is 1. The minimum atomic E-state index is -0.810. The molecule has 2 aliphatic rings. The number of hydrogen-bond donors (Lipinski definition) is 1. The third-order valence-electron chi connectivity index (χ3n) is 7.22. The van der Waals surface area contributed by atoms with Crippen LogP contribution in [0, 0.1) is 0 Å². The van der Waals surface area contributed by atoms with Gasteiger partial charge in [0.25, 0.3) is 0 Å². The summed E-state index contributed by atoms with van der Waals surface area (Å²) in [4.78, 5) is 19.5. The Labute approximate surface area is 222 Å². The first-order chi connectivity index (χ1) is 18.0. The molecule has 0 atom stereocenters. The van der Waals surface area contributed by atoms with Crippen molar-refractivity contribution in [3.63, 3.8) is 0 Å². The molecule has 3 heterocycles. The van der Waals surface area contributed by atoms with E-state index in [1.54, 1.807) is 19.2 Å². The Bertz CT molecular complexity index is 1300. The van der Waals surface area contributed by atoms with Gasteiger partial charge in [0, 0.05) is 48.4 Å². The number of esters is 1. The van der Waals surface area contributed by atoms with Gasteiger partial charge in [-0.15, -0.1) is 0 Å². The largest absolute Gasteiger partial charge is 0.462 e. The summed E-state index contributed by atoms with van der Waals surface area (Å²) in [7, 11) is 0. The number of allylic oxidation sites excluding steroid dienone is 1. The van der Waals surface area contributed by atoms with E-state index in [0.717, 1.165) is 48.3 Å². The van der Waals surface area contributed by atoms with Crippen molar-refractivity contribution in [1.82, 2.24) is 9.88 Å². The van der Waals surface area contributed by atoms with Crippen LogP contribution < -0.4 is 4.74 Å². The molecule has 37 heavy (non-hydrogen) atoms. The second kappa shape index (κ2) is 11.1. The van der Waals surface area contributed by atoms with E-state index in [0.29, 0.717) is 48.1 Å². The maximum absolute atomic E-state index is 12.7. The SMILES string of the molecule is CCOC(=O)c1cccc2c1CC(=CCCN1CCC(O)(c3ccc(Cl)cc3)CC1)c1cccnc1O2. The van der Waals surface area contributed by atoms with Crippen molar-refractivity contribution in [3.8, 4) is 11.6 Å². The van der Waals surface area contributed by atoms with Crippen LogP contribution in [-0.4, -0.2) is 47.2 Å². The highest BCUT2D eigenvalue weighted by molar-refractivity contribution is 6.30. The first-order valence-corrected chi connectivity index (χ1v) is 13.2. The Morgan fingerprint density at radius 1 is 1.16 bits per heavy atom. The summed E-state index contributed by atoms with van der Waals surface area (Å²) in [6.07, 6.45) is 6.69. The number of carbonyl (C=O) groups excluding carboxylic acids is 1. The molecule has 0 spiro atoms. The van der Waals surface area contributed by atoms with Gasteiger partial charge in [0.1, 0.15) is 5.75 Å². The zero-order valence-corrected chi connectivity index (χ0v) is 21.7. The van der Waals surface area contributed by atoms with E-state index in [1.165, 1.54) is 0 Å². The molecule has 5 rings (SSSR count). The van der Waals surface area contributed by atoms with Crippen LogP contribution in [0.2, 0.25) is 5.02 Å². The second-order valence-corrected chi connectivity index (χ2v) is 9.97. The first kappa shape index (κ1) is 25.5. The van der Waals surface area contributed by atoms with Crippen molar-refractivity contribution in [1.29, 1.82) is 0 Å². The normalized spacial score (nSPS) is 17.9. The maximum Gasteiger partial charge on any atom is 0.338 e. The molecule has 0 aliphatic carbocycles. The number of aliphatic hydroxyl groups is 1. The fourth-order valence-corrected chi connectivity index (χ4v) is 5.27. The molecule has 1 aromatic heterocycles. The van der Waals surface area contributed by atoms with Crippen LogP contribution in [0.25, 0.3) is 5.57 Å². The van der Waals surface area contributed by atoms with Crippen LogP contribution in [-0.2, 0) is 16.8 Å². The van der Waals surface area contributed by atoms with E-state index < -0.39 is 5.60 Å². The summed E-state index contributed by atoms with van der Waals surface area (Å²) in [6, 6.07) is 16.9. The molecule has 0 saturated carbocycles. The lowest BCUT2D eigenvalue weighted by Gasteiger charge is -2.38. The fraction of sp³-hybridized carbons (Fsp3) is 0.333. The van der Waals surface area contributed by atoms with Crippen LogP contribution in [0.15, 0.2) is 66.9 Å². The van der Waals surface area contributed by atoms with Crippen LogP contribution in [0.1, 0.15) is 53.2 Å². The third-order valence-corrected chi connectivity index (χ3v) is 7.47. The van der Waals surface area contributed by atoms with Gasteiger partial charge in [-0.05, 0) is 73.7 Å². The highest BCUT2D eigenvalue weighted by Gasteiger charge is 2.33. The summed E-state index contributed by atoms with van der Waals surface area (Å²) in [5, 5.41) is 11.9. The van der Waals surface area contributed by atoms with E-state index in [4.69, 9.17) is 21.1 Å². The molecular weight excluding hydrogens is 488 g/mol. The van der Waals surface area contributed by atoms with Gasteiger partial charge in [-0.25, -0.2) is 9.78 Å². The summed E-state index contributed by atoms with van der Waals surface area (Å²) in [6.45, 7) is 4.64. The average molecular weight is 519 g/mol. The Kier molecular flexibility index (Phi) is 7.60. The molecule has 6 nitrogen and oxygen atoms in total. The van der Waals surface area contributed by atoms with Gasteiger partial charge < -0.3 is 19.5 Å². The Morgan fingerprint density at radius 3 is 2.70 bits per heavy atom. The number of ether oxygens (including phenoxy) is 2. The van der Waals surface area contributed by atoms with Crippen molar-refractivity contribution in [2.75, 3.05) is 26.2 Å². The van der Waals surface area contributed by atoms with Crippen LogP contribution in [0.3, 0.4) is 0 Å². The number of carbonyl (C=O) groups is 1. The van der Waals surface area contributed by atoms with Crippen molar-refractivity contribution < 1.29 is 19.4 Å². The number of benzene rings is 2. The summed E-state index contributed by atoms with van der Waals surface area (Å²) >= 11 is 6.02. The van der Waals surface area contributed by atoms with E-state index in [9.17, 15) is 9.90 Å². The minimum Gasteiger partial charge on any atom is -0.462 e. The van der Waals surface area contributed by atoms with Crippen LogP contribution in [0.5, 0.6) is 11.6 Å². The van der Waals surface area contributed by atoms with Gasteiger partial charge in [0.05, 0.1) is 17.8 Å². The van der Waals surface area contributed by atoms with Gasteiger partial charge in [-0.3, -0.25) is 0 Å². The lowest BCUT2D eigenvalue weighted by molar-refractivity contribution is -0.0254. The number of aromatic nitrogens is 1. The molecule has 0 radical (unpaired) electrons. The molecule has 192 valence electrons. The van der Waals surface area contributed by atoms with Crippen LogP contribution >= 0.6 is 11.6 Å². The second-order valence-electron chi connectivity index (χ2n) is 9.54. The van der Waals surface area contributed by atoms with Gasteiger partial charge >= 0.3 is 5.97 Å². The Morgan fingerprint density at radius 2 is 1.95 bits per heavy atom. The molecule has 0 amide bonds. The minimum absolute atomic E-state index is 0.316. The zero-order valence-electron chi connectivity index (χ0n) is 21.0. The Hall–Kier alpha value is -3.19. The van der Waals surface area contributed by atoms with E-state index in [2.05, 4.69) is 16.0 Å². The predicted octanol–water partition coefficient (Wildman–Crippen LogP) is 6.02. The third kappa shape index (κ3) is 5.57. The van der Waals surface area contributed by atoms with Gasteiger partial charge in [-0.2, -0.15) is 0 Å². The average Bonchev–Trinajstić information content (AvgIpc) is 3.07. The van der Waals surface area contributed by atoms with E-state index in [-0.39, 0.29) is 5.97 Å². The summed E-state index contributed by atoms with van der Waals surface area (Å²) in [5.41, 5.74) is 3.47. The molecule has 0 bridgehead atoms. The summed E-state index contributed by atoms with van der Waals surface area (Å²) in [5.74, 6) is 0.827. The van der Waals surface area contributed by atoms with E-state index >= 15 is 0 Å². The molecular formula is C30H31ClN2O4. The highest BCUT2D eigenvalue weighted by Crippen LogP contribution is 2.39. The lowest BCUT2D eigenvalue weighted by atomic mass is 9.84. The number of rotatable bonds is 6. The van der Waals surface area contributed by atoms with Crippen molar-refractivity contribution in [3.05, 3.63) is 94.1 Å². The lowest BCUT2D eigenvalue weighted by Crippen LogP contribution is -2.42. The van der Waals surface area contributed by atoms with E-state index in [1.807, 2.05) is 48.5 Å². The number of fused-ring (bicyclic) bond motifs is 2. The molecule has 7 heteroatoms. The molecule has 1 fully saturated rings. The first-order valence-electron chi connectivity index (χ1n) is 12.8. The van der Waals surface area contributed by atoms with Gasteiger partial charge in [-0.1, -0.05) is 35.9 Å². The standard InChI is InChI=1S/C30H31ClN2O4/c1-2-36-29(34)25-7-3-9-27-26(25)20-21(24-8-4-16-32-28(24)37-27)6-5-17-33-18-14-30(35,15-19-33)22-10-12-23(31)13-11-22/h3-4,6-13,16,35H,2,5,14-15,17-20H2,1H3. The molecule has 2 aromatic carbocycles. The number of piperidine rings is 1. The molecule has 0 unspecified atom stereocenters. The highest BCUT2D eigenvalue weighted by atomic mass is 35.5. The van der Waals surface area contributed by atoms with Gasteiger partial charge in [0.2, 0.25) is 5.88 Å². The smallest absolute Gasteiger partial charge is 0.338 e. The Balaban J connectivity index is 1.31. The predicted molar refractivity (Wildman–Crippen MR) is 144 cm³/mol. The zero-order chi connectivity index (χ0) is 25.8. The van der Waals surface area contributed by atoms with Crippen LogP contribution in [0.4, 0.5) is 0 Å². The number of nitrogens with zero attached hydrogens (tertiary/aromatic N) is 2.